The van der Waals surface area contributed by atoms with Crippen LogP contribution in [0.4, 0.5) is 4.39 Å². The maximum absolute atomic E-state index is 12.8. The first-order chi connectivity index (χ1) is 9.88. The van der Waals surface area contributed by atoms with Crippen molar-refractivity contribution in [3.8, 4) is 0 Å². The van der Waals surface area contributed by atoms with Gasteiger partial charge >= 0.3 is 0 Å². The summed E-state index contributed by atoms with van der Waals surface area (Å²) in [6.45, 7) is 0.993. The molecule has 0 saturated heterocycles. The second-order valence-electron chi connectivity index (χ2n) is 4.20. The molecule has 1 aromatic rings. The highest BCUT2D eigenvalue weighted by molar-refractivity contribution is 7.99. The summed E-state index contributed by atoms with van der Waals surface area (Å²) in [5.41, 5.74) is 4.94. The highest BCUT2D eigenvalue weighted by Gasteiger charge is 2.19. The molecule has 8 heteroatoms. The van der Waals surface area contributed by atoms with Crippen LogP contribution in [0.1, 0.15) is 6.92 Å². The Hall–Kier alpha value is -2.09. The first kappa shape index (κ1) is 17.0. The summed E-state index contributed by atoms with van der Waals surface area (Å²) < 4.78 is 12.8. The van der Waals surface area contributed by atoms with Crippen LogP contribution in [-0.2, 0) is 14.4 Å². The first-order valence-electron chi connectivity index (χ1n) is 6.10. The quantitative estimate of drug-likeness (QED) is 0.618. The largest absolute Gasteiger partial charge is 0.368 e. The number of nitrogens with two attached hydrogens (primary N) is 1. The zero-order chi connectivity index (χ0) is 15.8. The molecule has 0 radical (unpaired) electrons. The van der Waals surface area contributed by atoms with Gasteiger partial charge in [-0.1, -0.05) is 0 Å². The van der Waals surface area contributed by atoms with Gasteiger partial charge in [0, 0.05) is 17.6 Å². The summed E-state index contributed by atoms with van der Waals surface area (Å²) in [4.78, 5) is 34.4. The summed E-state index contributed by atoms with van der Waals surface area (Å²) >= 11 is 1.28. The fraction of sp³-hybridized carbons (Fsp3) is 0.308. The van der Waals surface area contributed by atoms with Gasteiger partial charge in [-0.05, 0) is 24.3 Å². The van der Waals surface area contributed by atoms with Crippen LogP contribution >= 0.6 is 11.8 Å². The van der Waals surface area contributed by atoms with Gasteiger partial charge in [0.25, 0.3) is 0 Å². The van der Waals surface area contributed by atoms with Crippen molar-refractivity contribution in [1.29, 1.82) is 0 Å². The Morgan fingerprint density at radius 2 is 1.90 bits per heavy atom. The van der Waals surface area contributed by atoms with Crippen molar-refractivity contribution in [2.75, 3.05) is 12.3 Å². The lowest BCUT2D eigenvalue weighted by Gasteiger charge is -2.16. The molecule has 0 spiro atoms. The zero-order valence-corrected chi connectivity index (χ0v) is 12.2. The number of carbonyl (C=O) groups is 3. The maximum atomic E-state index is 12.8. The molecule has 4 N–H and O–H groups in total. The van der Waals surface area contributed by atoms with E-state index in [9.17, 15) is 18.8 Å². The highest BCUT2D eigenvalue weighted by atomic mass is 32.2. The Morgan fingerprint density at radius 3 is 2.43 bits per heavy atom. The molecule has 0 saturated carbocycles. The van der Waals surface area contributed by atoms with Crippen LogP contribution in [0.25, 0.3) is 0 Å². The van der Waals surface area contributed by atoms with Crippen molar-refractivity contribution in [3.05, 3.63) is 30.1 Å². The fourth-order valence-corrected chi connectivity index (χ4v) is 2.36. The third-order valence-corrected chi connectivity index (χ3v) is 3.47. The monoisotopic (exact) mass is 313 g/mol. The van der Waals surface area contributed by atoms with Gasteiger partial charge in [-0.15, -0.1) is 11.8 Å². The minimum absolute atomic E-state index is 0.246. The van der Waals surface area contributed by atoms with Gasteiger partial charge in [0.1, 0.15) is 11.9 Å². The number of hydrogen-bond donors (Lipinski definition) is 3. The third kappa shape index (κ3) is 6.75. The number of hydrogen-bond acceptors (Lipinski definition) is 4. The van der Waals surface area contributed by atoms with Gasteiger partial charge in [0.2, 0.25) is 17.7 Å². The third-order valence-electron chi connectivity index (χ3n) is 2.36. The molecule has 1 atom stereocenters. The Kier molecular flexibility index (Phi) is 6.67. The molecule has 114 valence electrons. The van der Waals surface area contributed by atoms with Crippen LogP contribution in [0.3, 0.4) is 0 Å². The predicted molar refractivity (Wildman–Crippen MR) is 76.9 cm³/mol. The van der Waals surface area contributed by atoms with E-state index in [1.165, 1.54) is 30.8 Å². The molecule has 3 amide bonds. The number of amides is 3. The molecule has 21 heavy (non-hydrogen) atoms. The number of rotatable bonds is 7. The predicted octanol–water partition coefficient (Wildman–Crippen LogP) is 0.0240. The Balaban J connectivity index is 2.60. The average molecular weight is 313 g/mol. The van der Waals surface area contributed by atoms with E-state index in [0.717, 1.165) is 4.90 Å². The molecule has 6 nitrogen and oxygen atoms in total. The summed E-state index contributed by atoms with van der Waals surface area (Å²) in [5, 5.41) is 4.82. The van der Waals surface area contributed by atoms with E-state index < -0.39 is 17.9 Å². The lowest BCUT2D eigenvalue weighted by molar-refractivity contribution is -0.128. The number of carbonyl (C=O) groups excluding carboxylic acids is 3. The molecule has 0 fully saturated rings. The number of thioether (sulfide) groups is 1. The number of nitrogens with one attached hydrogen (secondary N) is 2. The van der Waals surface area contributed by atoms with Crippen LogP contribution in [0.15, 0.2) is 29.2 Å². The van der Waals surface area contributed by atoms with Gasteiger partial charge < -0.3 is 16.4 Å². The van der Waals surface area contributed by atoms with E-state index in [1.54, 1.807) is 12.1 Å². The van der Waals surface area contributed by atoms with Gasteiger partial charge in [0.15, 0.2) is 0 Å². The van der Waals surface area contributed by atoms with E-state index in [4.69, 9.17) is 5.73 Å². The van der Waals surface area contributed by atoms with E-state index >= 15 is 0 Å². The second kappa shape index (κ2) is 8.25. The van der Waals surface area contributed by atoms with Crippen molar-refractivity contribution < 1.29 is 18.8 Å². The van der Waals surface area contributed by atoms with E-state index in [-0.39, 0.29) is 24.0 Å². The summed E-state index contributed by atoms with van der Waals surface area (Å²) in [6.07, 6.45) is 0. The van der Waals surface area contributed by atoms with Crippen molar-refractivity contribution in [1.82, 2.24) is 10.6 Å². The SMILES string of the molecule is CC(=O)NC(CSc1ccc(F)cc1)C(=O)NCC(N)=O. The van der Waals surface area contributed by atoms with Gasteiger partial charge in [-0.2, -0.15) is 0 Å². The molecule has 0 bridgehead atoms. The lowest BCUT2D eigenvalue weighted by Crippen LogP contribution is -2.49. The van der Waals surface area contributed by atoms with E-state index in [1.807, 2.05) is 0 Å². The number of primary amides is 1. The molecule has 1 rings (SSSR count). The molecular formula is C13H16FN3O3S. The smallest absolute Gasteiger partial charge is 0.243 e. The van der Waals surface area contributed by atoms with E-state index in [2.05, 4.69) is 10.6 Å². The summed E-state index contributed by atoms with van der Waals surface area (Å²) in [5.74, 6) is -1.64. The Labute approximate surface area is 125 Å². The van der Waals surface area contributed by atoms with Crippen LogP contribution in [0, 0.1) is 5.82 Å². The van der Waals surface area contributed by atoms with Crippen LogP contribution in [-0.4, -0.2) is 36.1 Å². The molecule has 0 heterocycles. The molecule has 0 aliphatic carbocycles. The molecule has 0 aromatic heterocycles. The Morgan fingerprint density at radius 1 is 1.29 bits per heavy atom. The first-order valence-corrected chi connectivity index (χ1v) is 7.08. The normalized spacial score (nSPS) is 11.5. The maximum Gasteiger partial charge on any atom is 0.243 e. The molecule has 1 aromatic carbocycles. The Bertz CT molecular complexity index is 522. The van der Waals surface area contributed by atoms with Crippen molar-refractivity contribution >= 4 is 29.5 Å². The zero-order valence-electron chi connectivity index (χ0n) is 11.4. The molecular weight excluding hydrogens is 297 g/mol. The van der Waals surface area contributed by atoms with Gasteiger partial charge in [0.05, 0.1) is 6.54 Å². The van der Waals surface area contributed by atoms with Crippen molar-refractivity contribution in [2.24, 2.45) is 5.73 Å². The van der Waals surface area contributed by atoms with Crippen molar-refractivity contribution in [2.45, 2.75) is 17.9 Å². The molecule has 0 aliphatic rings. The number of benzene rings is 1. The minimum Gasteiger partial charge on any atom is -0.368 e. The van der Waals surface area contributed by atoms with Crippen LogP contribution < -0.4 is 16.4 Å². The van der Waals surface area contributed by atoms with E-state index in [0.29, 0.717) is 0 Å². The van der Waals surface area contributed by atoms with Crippen LogP contribution in [0.2, 0.25) is 0 Å². The minimum atomic E-state index is -0.808. The van der Waals surface area contributed by atoms with Crippen LogP contribution in [0.5, 0.6) is 0 Å². The topological polar surface area (TPSA) is 101 Å². The molecule has 0 aliphatic heterocycles. The highest BCUT2D eigenvalue weighted by Crippen LogP contribution is 2.19. The number of halogens is 1. The fourth-order valence-electron chi connectivity index (χ4n) is 1.44. The summed E-state index contributed by atoms with van der Waals surface area (Å²) in [6, 6.07) is 4.96. The van der Waals surface area contributed by atoms with Gasteiger partial charge in [-0.3, -0.25) is 14.4 Å². The average Bonchev–Trinajstić information content (AvgIpc) is 2.42. The van der Waals surface area contributed by atoms with Crippen molar-refractivity contribution in [3.63, 3.8) is 0 Å². The summed E-state index contributed by atoms with van der Waals surface area (Å²) in [7, 11) is 0. The second-order valence-corrected chi connectivity index (χ2v) is 5.30. The van der Waals surface area contributed by atoms with Gasteiger partial charge in [-0.25, -0.2) is 4.39 Å². The standard InChI is InChI=1S/C13H16FN3O3S/c1-8(18)17-11(13(20)16-6-12(15)19)7-21-10-4-2-9(14)3-5-10/h2-5,11H,6-7H2,1H3,(H2,15,19)(H,16,20)(H,17,18). The molecule has 1 unspecified atom stereocenters. The lowest BCUT2D eigenvalue weighted by atomic mass is 10.3.